The number of nitrogens with one attached hydrogen (secondary N) is 2. The molecule has 0 aliphatic carbocycles. The lowest BCUT2D eigenvalue weighted by Crippen LogP contribution is -2.32. The summed E-state index contributed by atoms with van der Waals surface area (Å²) in [7, 11) is 0. The highest BCUT2D eigenvalue weighted by molar-refractivity contribution is 5.89. The molecule has 0 bridgehead atoms. The molecule has 1 fully saturated rings. The summed E-state index contributed by atoms with van der Waals surface area (Å²) in [5.41, 5.74) is 5.32. The highest BCUT2D eigenvalue weighted by Crippen LogP contribution is 2.08. The second kappa shape index (κ2) is 5.59. The first kappa shape index (κ1) is 11.0. The third-order valence-electron chi connectivity index (χ3n) is 2.28. The Labute approximate surface area is 83.4 Å². The number of nitrogens with two attached hydrogens (primary N) is 1. The van der Waals surface area contributed by atoms with Crippen LogP contribution in [0, 0.1) is 5.92 Å². The van der Waals surface area contributed by atoms with Gasteiger partial charge >= 0.3 is 0 Å². The van der Waals surface area contributed by atoms with E-state index < -0.39 is 0 Å². The van der Waals surface area contributed by atoms with Gasteiger partial charge in [-0.05, 0) is 19.4 Å². The first-order chi connectivity index (χ1) is 6.74. The maximum absolute atomic E-state index is 11.4. The summed E-state index contributed by atoms with van der Waals surface area (Å²) in [4.78, 5) is 22.2. The first-order valence-corrected chi connectivity index (χ1v) is 4.98. The molecule has 1 unspecified atom stereocenters. The molecule has 0 radical (unpaired) electrons. The van der Waals surface area contributed by atoms with Crippen LogP contribution in [0.15, 0.2) is 0 Å². The predicted octanol–water partition coefficient (Wildman–Crippen LogP) is -1.02. The van der Waals surface area contributed by atoms with E-state index in [2.05, 4.69) is 10.6 Å². The summed E-state index contributed by atoms with van der Waals surface area (Å²) in [6, 6.07) is 0. The molecule has 0 aromatic heterocycles. The molecule has 80 valence electrons. The van der Waals surface area contributed by atoms with E-state index in [0.717, 1.165) is 12.8 Å². The third kappa shape index (κ3) is 3.33. The minimum absolute atomic E-state index is 0.0274. The molecular weight excluding hydrogens is 182 g/mol. The fourth-order valence-corrected chi connectivity index (χ4v) is 1.42. The van der Waals surface area contributed by atoms with E-state index in [9.17, 15) is 9.59 Å². The monoisotopic (exact) mass is 199 g/mol. The van der Waals surface area contributed by atoms with Crippen molar-refractivity contribution in [2.24, 2.45) is 11.7 Å². The average Bonchev–Trinajstić information content (AvgIpc) is 2.59. The molecule has 0 aromatic carbocycles. The Morgan fingerprint density at radius 3 is 2.93 bits per heavy atom. The van der Waals surface area contributed by atoms with Crippen molar-refractivity contribution < 1.29 is 9.59 Å². The van der Waals surface area contributed by atoms with Crippen LogP contribution < -0.4 is 16.4 Å². The Bertz CT molecular complexity index is 218. The van der Waals surface area contributed by atoms with Gasteiger partial charge in [0.25, 0.3) is 0 Å². The molecule has 14 heavy (non-hydrogen) atoms. The Kier molecular flexibility index (Phi) is 4.39. The fraction of sp³-hybridized carbons (Fsp3) is 0.778. The number of carbonyl (C=O) groups is 2. The molecule has 1 aliphatic rings. The Balaban J connectivity index is 2.12. The second-order valence-electron chi connectivity index (χ2n) is 3.49. The Hall–Kier alpha value is -1.10. The van der Waals surface area contributed by atoms with Gasteiger partial charge in [-0.1, -0.05) is 0 Å². The summed E-state index contributed by atoms with van der Waals surface area (Å²) >= 11 is 0. The average molecular weight is 199 g/mol. The van der Waals surface area contributed by atoms with Gasteiger partial charge in [-0.25, -0.2) is 0 Å². The topological polar surface area (TPSA) is 84.2 Å². The molecule has 5 nitrogen and oxygen atoms in total. The molecule has 1 aliphatic heterocycles. The summed E-state index contributed by atoms with van der Waals surface area (Å²) in [5.74, 6) is -0.243. The van der Waals surface area contributed by atoms with Gasteiger partial charge in [0, 0.05) is 19.5 Å². The smallest absolute Gasteiger partial charge is 0.225 e. The van der Waals surface area contributed by atoms with E-state index in [1.807, 2.05) is 0 Å². The lowest BCUT2D eigenvalue weighted by Gasteiger charge is -2.08. The van der Waals surface area contributed by atoms with Crippen LogP contribution in [-0.4, -0.2) is 31.4 Å². The van der Waals surface area contributed by atoms with Crippen LogP contribution in [0.1, 0.15) is 19.3 Å². The van der Waals surface area contributed by atoms with Crippen LogP contribution in [0.5, 0.6) is 0 Å². The van der Waals surface area contributed by atoms with Crippen molar-refractivity contribution in [3.63, 3.8) is 0 Å². The number of hydrogen-bond acceptors (Lipinski definition) is 3. The van der Waals surface area contributed by atoms with Crippen molar-refractivity contribution in [3.8, 4) is 0 Å². The Morgan fingerprint density at radius 1 is 1.57 bits per heavy atom. The van der Waals surface area contributed by atoms with Gasteiger partial charge in [-0.15, -0.1) is 0 Å². The number of carbonyl (C=O) groups excluding carboxylic acids is 2. The summed E-state index contributed by atoms with van der Waals surface area (Å²) in [6.07, 6.45) is 2.14. The van der Waals surface area contributed by atoms with E-state index in [4.69, 9.17) is 5.73 Å². The van der Waals surface area contributed by atoms with Crippen LogP contribution >= 0.6 is 0 Å². The van der Waals surface area contributed by atoms with Crippen molar-refractivity contribution in [1.82, 2.24) is 10.6 Å². The predicted molar refractivity (Wildman–Crippen MR) is 52.4 cm³/mol. The molecule has 1 atom stereocenters. The van der Waals surface area contributed by atoms with Gasteiger partial charge in [0.2, 0.25) is 11.8 Å². The maximum Gasteiger partial charge on any atom is 0.225 e. The Morgan fingerprint density at radius 2 is 2.36 bits per heavy atom. The molecule has 0 aromatic rings. The SMILES string of the molecule is NCCCCNC(=O)C1CNC(=O)C1. The molecule has 1 heterocycles. The summed E-state index contributed by atoms with van der Waals surface area (Å²) in [5, 5.41) is 5.43. The third-order valence-corrected chi connectivity index (χ3v) is 2.28. The molecular formula is C9H17N3O2. The van der Waals surface area contributed by atoms with Gasteiger partial charge in [0.15, 0.2) is 0 Å². The van der Waals surface area contributed by atoms with Crippen molar-refractivity contribution in [1.29, 1.82) is 0 Å². The van der Waals surface area contributed by atoms with Crippen LogP contribution in [0.4, 0.5) is 0 Å². The zero-order valence-electron chi connectivity index (χ0n) is 8.21. The van der Waals surface area contributed by atoms with Crippen LogP contribution in [-0.2, 0) is 9.59 Å². The van der Waals surface area contributed by atoms with Gasteiger partial charge in [-0.3, -0.25) is 9.59 Å². The van der Waals surface area contributed by atoms with E-state index in [1.165, 1.54) is 0 Å². The maximum atomic E-state index is 11.4. The van der Waals surface area contributed by atoms with Gasteiger partial charge in [-0.2, -0.15) is 0 Å². The molecule has 5 heteroatoms. The molecule has 0 saturated carbocycles. The van der Waals surface area contributed by atoms with Crippen LogP contribution in [0.3, 0.4) is 0 Å². The van der Waals surface area contributed by atoms with Crippen LogP contribution in [0.2, 0.25) is 0 Å². The zero-order chi connectivity index (χ0) is 10.4. The highest BCUT2D eigenvalue weighted by Gasteiger charge is 2.27. The van der Waals surface area contributed by atoms with Crippen molar-refractivity contribution in [2.45, 2.75) is 19.3 Å². The molecule has 2 amide bonds. The molecule has 1 saturated heterocycles. The quantitative estimate of drug-likeness (QED) is 0.495. The van der Waals surface area contributed by atoms with Gasteiger partial charge in [0.05, 0.1) is 5.92 Å². The van der Waals surface area contributed by atoms with Gasteiger partial charge < -0.3 is 16.4 Å². The minimum atomic E-state index is -0.180. The number of unbranched alkanes of at least 4 members (excludes halogenated alkanes) is 1. The normalized spacial score (nSPS) is 20.6. The van der Waals surface area contributed by atoms with E-state index in [1.54, 1.807) is 0 Å². The highest BCUT2D eigenvalue weighted by atomic mass is 16.2. The summed E-state index contributed by atoms with van der Waals surface area (Å²) < 4.78 is 0. The van der Waals surface area contributed by atoms with Gasteiger partial charge in [0.1, 0.15) is 0 Å². The number of hydrogen-bond donors (Lipinski definition) is 3. The minimum Gasteiger partial charge on any atom is -0.356 e. The fourth-order valence-electron chi connectivity index (χ4n) is 1.42. The van der Waals surface area contributed by atoms with E-state index in [0.29, 0.717) is 26.1 Å². The number of amides is 2. The summed E-state index contributed by atoms with van der Waals surface area (Å²) in [6.45, 7) is 1.78. The van der Waals surface area contributed by atoms with Crippen LogP contribution in [0.25, 0.3) is 0 Å². The lowest BCUT2D eigenvalue weighted by atomic mass is 10.1. The van der Waals surface area contributed by atoms with Crippen molar-refractivity contribution in [2.75, 3.05) is 19.6 Å². The molecule has 0 spiro atoms. The zero-order valence-corrected chi connectivity index (χ0v) is 8.21. The van der Waals surface area contributed by atoms with Crippen molar-refractivity contribution >= 4 is 11.8 Å². The standard InChI is InChI=1S/C9H17N3O2/c10-3-1-2-4-11-9(14)7-5-8(13)12-6-7/h7H,1-6,10H2,(H,11,14)(H,12,13). The second-order valence-corrected chi connectivity index (χ2v) is 3.49. The lowest BCUT2D eigenvalue weighted by molar-refractivity contribution is -0.126. The molecule has 1 rings (SSSR count). The number of rotatable bonds is 5. The van der Waals surface area contributed by atoms with E-state index >= 15 is 0 Å². The first-order valence-electron chi connectivity index (χ1n) is 4.98. The van der Waals surface area contributed by atoms with Crippen molar-refractivity contribution in [3.05, 3.63) is 0 Å². The van der Waals surface area contributed by atoms with E-state index in [-0.39, 0.29) is 17.7 Å². The molecule has 4 N–H and O–H groups in total. The largest absolute Gasteiger partial charge is 0.356 e.